The van der Waals surface area contributed by atoms with E-state index in [0.717, 1.165) is 19.3 Å². The van der Waals surface area contributed by atoms with E-state index in [9.17, 15) is 19.8 Å². The monoisotopic (exact) mass is 368 g/mol. The van der Waals surface area contributed by atoms with Gasteiger partial charge < -0.3 is 14.9 Å². The summed E-state index contributed by atoms with van der Waals surface area (Å²) >= 11 is 0. The highest BCUT2D eigenvalue weighted by atomic mass is 16.5. The standard InChI is InChI=1S/C21H36O5/c1-6-16-9-7-8-14(2)17(22)10-11-26-19(24)13-18(23)21(4,5)20(25)15(3)12-16/h7-8,14-18,22-23H,6,9-13H2,1-5H3/b8-7+. The van der Waals surface area contributed by atoms with Crippen molar-refractivity contribution < 1.29 is 24.5 Å². The van der Waals surface area contributed by atoms with E-state index in [1.54, 1.807) is 13.8 Å². The van der Waals surface area contributed by atoms with E-state index in [0.29, 0.717) is 12.3 Å². The largest absolute Gasteiger partial charge is 0.465 e. The predicted octanol–water partition coefficient (Wildman–Crippen LogP) is 3.28. The van der Waals surface area contributed by atoms with Crippen LogP contribution in [0.2, 0.25) is 0 Å². The van der Waals surface area contributed by atoms with Crippen molar-refractivity contribution in [3.63, 3.8) is 0 Å². The quantitative estimate of drug-likeness (QED) is 0.548. The average Bonchev–Trinajstić information content (AvgIpc) is 2.58. The summed E-state index contributed by atoms with van der Waals surface area (Å²) < 4.78 is 5.13. The highest BCUT2D eigenvalue weighted by molar-refractivity contribution is 5.87. The van der Waals surface area contributed by atoms with Gasteiger partial charge in [0.15, 0.2) is 0 Å². The maximum Gasteiger partial charge on any atom is 0.308 e. The fraction of sp³-hybridized carbons (Fsp3) is 0.810. The van der Waals surface area contributed by atoms with E-state index < -0.39 is 23.6 Å². The molecule has 1 heterocycles. The Hall–Kier alpha value is -1.20. The molecule has 0 radical (unpaired) electrons. The number of rotatable bonds is 1. The summed E-state index contributed by atoms with van der Waals surface area (Å²) in [5.41, 5.74) is -1.00. The molecule has 0 bridgehead atoms. The molecule has 0 aromatic carbocycles. The van der Waals surface area contributed by atoms with Gasteiger partial charge in [0.05, 0.1) is 30.7 Å². The van der Waals surface area contributed by atoms with Crippen LogP contribution in [0.25, 0.3) is 0 Å². The van der Waals surface area contributed by atoms with Crippen molar-refractivity contribution in [3.05, 3.63) is 12.2 Å². The highest BCUT2D eigenvalue weighted by Gasteiger charge is 2.39. The van der Waals surface area contributed by atoms with Crippen LogP contribution in [0.5, 0.6) is 0 Å². The fourth-order valence-electron chi connectivity index (χ4n) is 3.48. The zero-order valence-electron chi connectivity index (χ0n) is 16.9. The Bertz CT molecular complexity index is 497. The van der Waals surface area contributed by atoms with Crippen LogP contribution in [0, 0.1) is 23.2 Å². The zero-order valence-corrected chi connectivity index (χ0v) is 16.9. The number of ether oxygens (including phenoxy) is 1. The van der Waals surface area contributed by atoms with Crippen molar-refractivity contribution in [2.24, 2.45) is 23.2 Å². The van der Waals surface area contributed by atoms with Crippen molar-refractivity contribution in [2.75, 3.05) is 6.61 Å². The predicted molar refractivity (Wildman–Crippen MR) is 101 cm³/mol. The minimum Gasteiger partial charge on any atom is -0.465 e. The lowest BCUT2D eigenvalue weighted by atomic mass is 9.73. The van der Waals surface area contributed by atoms with Crippen LogP contribution in [0.4, 0.5) is 0 Å². The molecule has 0 spiro atoms. The van der Waals surface area contributed by atoms with Crippen LogP contribution >= 0.6 is 0 Å². The number of Topliss-reactive ketones (excluding diaryl/α,β-unsaturated/α-hetero) is 1. The van der Waals surface area contributed by atoms with Gasteiger partial charge in [0.1, 0.15) is 5.78 Å². The van der Waals surface area contributed by atoms with Crippen LogP contribution in [0.3, 0.4) is 0 Å². The van der Waals surface area contributed by atoms with Crippen molar-refractivity contribution in [2.45, 2.75) is 78.9 Å². The third-order valence-electron chi connectivity index (χ3n) is 5.73. The molecule has 0 saturated carbocycles. The van der Waals surface area contributed by atoms with Crippen LogP contribution in [0.15, 0.2) is 12.2 Å². The Morgan fingerprint density at radius 2 is 1.88 bits per heavy atom. The van der Waals surface area contributed by atoms with E-state index in [4.69, 9.17) is 4.74 Å². The number of aliphatic hydroxyl groups excluding tert-OH is 2. The first-order chi connectivity index (χ1) is 12.1. The van der Waals surface area contributed by atoms with Gasteiger partial charge in [-0.2, -0.15) is 0 Å². The first kappa shape index (κ1) is 22.8. The van der Waals surface area contributed by atoms with Gasteiger partial charge in [-0.05, 0) is 18.8 Å². The van der Waals surface area contributed by atoms with E-state index in [1.165, 1.54) is 0 Å². The lowest BCUT2D eigenvalue weighted by molar-refractivity contribution is -0.151. The van der Waals surface area contributed by atoms with Gasteiger partial charge in [0.25, 0.3) is 0 Å². The SMILES string of the molecule is CCC1C/C=C/C(C)C(O)CCOC(=O)CC(O)C(C)(C)C(=O)C(C)C1. The second-order valence-electron chi connectivity index (χ2n) is 8.32. The van der Waals surface area contributed by atoms with Crippen LogP contribution in [0.1, 0.15) is 66.7 Å². The summed E-state index contributed by atoms with van der Waals surface area (Å²) in [6, 6.07) is 0. The molecule has 0 aromatic rings. The lowest BCUT2D eigenvalue weighted by Gasteiger charge is -2.32. The molecule has 1 aliphatic heterocycles. The number of cyclic esters (lactones) is 1. The molecular formula is C21H36O5. The number of carbonyl (C=O) groups excluding carboxylic acids is 2. The number of esters is 1. The highest BCUT2D eigenvalue weighted by Crippen LogP contribution is 2.32. The van der Waals surface area contributed by atoms with Gasteiger partial charge in [-0.25, -0.2) is 0 Å². The number of ketones is 1. The Kier molecular flexibility index (Phi) is 8.97. The topological polar surface area (TPSA) is 83.8 Å². The van der Waals surface area contributed by atoms with Crippen LogP contribution < -0.4 is 0 Å². The number of aliphatic hydroxyl groups is 2. The number of allylic oxidation sites excluding steroid dienone is 1. The summed E-state index contributed by atoms with van der Waals surface area (Å²) in [6.07, 6.45) is 5.14. The molecule has 5 heteroatoms. The number of hydrogen-bond donors (Lipinski definition) is 2. The number of carbonyl (C=O) groups is 2. The average molecular weight is 369 g/mol. The first-order valence-corrected chi connectivity index (χ1v) is 9.82. The number of hydrogen-bond acceptors (Lipinski definition) is 5. The first-order valence-electron chi connectivity index (χ1n) is 9.82. The molecule has 5 unspecified atom stereocenters. The van der Waals surface area contributed by atoms with Crippen molar-refractivity contribution in [3.8, 4) is 0 Å². The van der Waals surface area contributed by atoms with Crippen molar-refractivity contribution >= 4 is 11.8 Å². The molecule has 0 saturated heterocycles. The summed E-state index contributed by atoms with van der Waals surface area (Å²) in [7, 11) is 0. The smallest absolute Gasteiger partial charge is 0.308 e. The summed E-state index contributed by atoms with van der Waals surface area (Å²) in [5, 5.41) is 20.6. The van der Waals surface area contributed by atoms with E-state index in [1.807, 2.05) is 19.9 Å². The summed E-state index contributed by atoms with van der Waals surface area (Å²) in [6.45, 7) is 9.44. The molecular weight excluding hydrogens is 332 g/mol. The van der Waals surface area contributed by atoms with Gasteiger partial charge >= 0.3 is 5.97 Å². The van der Waals surface area contributed by atoms with E-state index in [2.05, 4.69) is 13.0 Å². The fourth-order valence-corrected chi connectivity index (χ4v) is 3.48. The molecule has 0 aromatic heterocycles. The maximum absolute atomic E-state index is 12.9. The molecule has 0 amide bonds. The Balaban J connectivity index is 2.98. The molecule has 26 heavy (non-hydrogen) atoms. The normalized spacial score (nSPS) is 36.3. The minimum absolute atomic E-state index is 0.0175. The lowest BCUT2D eigenvalue weighted by Crippen LogP contribution is -2.42. The van der Waals surface area contributed by atoms with Gasteiger partial charge in [-0.15, -0.1) is 0 Å². The third-order valence-corrected chi connectivity index (χ3v) is 5.73. The molecule has 5 nitrogen and oxygen atoms in total. The maximum atomic E-state index is 12.9. The van der Waals surface area contributed by atoms with E-state index in [-0.39, 0.29) is 30.6 Å². The van der Waals surface area contributed by atoms with Crippen molar-refractivity contribution in [1.82, 2.24) is 0 Å². The van der Waals surface area contributed by atoms with E-state index >= 15 is 0 Å². The van der Waals surface area contributed by atoms with Gasteiger partial charge in [0.2, 0.25) is 0 Å². The molecule has 1 rings (SSSR count). The molecule has 1 aliphatic rings. The van der Waals surface area contributed by atoms with Gasteiger partial charge in [0, 0.05) is 18.3 Å². The minimum atomic E-state index is -1.08. The second kappa shape index (κ2) is 10.2. The summed E-state index contributed by atoms with van der Waals surface area (Å²) in [5.74, 6) is -0.399. The van der Waals surface area contributed by atoms with Crippen LogP contribution in [-0.4, -0.2) is 40.8 Å². The Morgan fingerprint density at radius 3 is 2.50 bits per heavy atom. The summed E-state index contributed by atoms with van der Waals surface area (Å²) in [4.78, 5) is 24.8. The van der Waals surface area contributed by atoms with Crippen molar-refractivity contribution in [1.29, 1.82) is 0 Å². The van der Waals surface area contributed by atoms with Crippen LogP contribution in [-0.2, 0) is 14.3 Å². The Morgan fingerprint density at radius 1 is 1.23 bits per heavy atom. The third kappa shape index (κ3) is 6.51. The Labute approximate surface area is 157 Å². The second-order valence-corrected chi connectivity index (χ2v) is 8.32. The molecule has 0 fully saturated rings. The zero-order chi connectivity index (χ0) is 19.9. The van der Waals surface area contributed by atoms with Gasteiger partial charge in [-0.3, -0.25) is 9.59 Å². The van der Waals surface area contributed by atoms with Gasteiger partial charge in [-0.1, -0.05) is 53.2 Å². The molecule has 2 N–H and O–H groups in total. The molecule has 5 atom stereocenters. The molecule has 0 aliphatic carbocycles. The molecule has 150 valence electrons.